The molecule has 2 N–H and O–H groups in total. The maximum Gasteiger partial charge on any atom is 0.257 e. The number of benzene rings is 3. The van der Waals surface area contributed by atoms with Crippen molar-refractivity contribution in [3.63, 3.8) is 0 Å². The van der Waals surface area contributed by atoms with E-state index in [2.05, 4.69) is 5.10 Å². The van der Waals surface area contributed by atoms with Gasteiger partial charge in [-0.2, -0.15) is 5.10 Å². The molecule has 1 aromatic heterocycles. The maximum absolute atomic E-state index is 14.4. The van der Waals surface area contributed by atoms with Gasteiger partial charge in [0.1, 0.15) is 28.8 Å². The van der Waals surface area contributed by atoms with Crippen molar-refractivity contribution in [1.29, 1.82) is 0 Å². The van der Waals surface area contributed by atoms with Gasteiger partial charge in [-0.15, -0.1) is 0 Å². The van der Waals surface area contributed by atoms with E-state index in [9.17, 15) is 19.4 Å². The van der Waals surface area contributed by atoms with Gasteiger partial charge in [-0.1, -0.05) is 23.7 Å². The van der Waals surface area contributed by atoms with Crippen LogP contribution in [0.4, 0.5) is 4.39 Å². The van der Waals surface area contributed by atoms with Crippen LogP contribution in [0.2, 0.25) is 5.02 Å². The molecule has 0 aliphatic heterocycles. The number of aromatic hydroxyl groups is 2. The van der Waals surface area contributed by atoms with Crippen molar-refractivity contribution in [2.75, 3.05) is 14.2 Å². The average molecular weight is 482 g/mol. The predicted octanol–water partition coefficient (Wildman–Crippen LogP) is 5.02. The summed E-state index contributed by atoms with van der Waals surface area (Å²) in [6.07, 6.45) is 1.45. The zero-order valence-electron chi connectivity index (χ0n) is 18.4. The van der Waals surface area contributed by atoms with Crippen LogP contribution >= 0.6 is 11.6 Å². The summed E-state index contributed by atoms with van der Waals surface area (Å²) in [5.41, 5.74) is 1.36. The van der Waals surface area contributed by atoms with Gasteiger partial charge in [0.15, 0.2) is 0 Å². The number of rotatable bonds is 6. The van der Waals surface area contributed by atoms with Crippen LogP contribution in [0, 0.1) is 5.82 Å². The van der Waals surface area contributed by atoms with Gasteiger partial charge in [0.25, 0.3) is 5.91 Å². The van der Waals surface area contributed by atoms with E-state index in [1.54, 1.807) is 49.5 Å². The number of carbonyl (C=O) groups is 1. The van der Waals surface area contributed by atoms with Gasteiger partial charge in [-0.05, 0) is 42.5 Å². The number of hydrogen-bond acceptors (Lipinski definition) is 5. The molecule has 0 radical (unpaired) electrons. The summed E-state index contributed by atoms with van der Waals surface area (Å²) >= 11 is 6.09. The van der Waals surface area contributed by atoms with E-state index in [1.165, 1.54) is 35.0 Å². The van der Waals surface area contributed by atoms with Crippen LogP contribution in [-0.4, -0.2) is 45.0 Å². The van der Waals surface area contributed by atoms with E-state index in [0.717, 1.165) is 6.07 Å². The first kappa shape index (κ1) is 23.1. The van der Waals surface area contributed by atoms with Crippen LogP contribution in [0.15, 0.2) is 66.9 Å². The lowest BCUT2D eigenvalue weighted by Gasteiger charge is -2.20. The summed E-state index contributed by atoms with van der Waals surface area (Å²) in [6, 6.07) is 15.1. The monoisotopic (exact) mass is 481 g/mol. The average Bonchev–Trinajstić information content (AvgIpc) is 3.28. The topological polar surface area (TPSA) is 87.8 Å². The molecule has 0 spiro atoms. The molecule has 9 heteroatoms. The second-order valence-electron chi connectivity index (χ2n) is 7.58. The molecule has 0 unspecified atom stereocenters. The lowest BCUT2D eigenvalue weighted by atomic mass is 10.0. The molecule has 0 atom stereocenters. The Labute approximate surface area is 200 Å². The first-order chi connectivity index (χ1) is 16.3. The Kier molecular flexibility index (Phi) is 6.43. The van der Waals surface area contributed by atoms with E-state index >= 15 is 0 Å². The van der Waals surface area contributed by atoms with Gasteiger partial charge in [-0.25, -0.2) is 9.07 Å². The van der Waals surface area contributed by atoms with Crippen LogP contribution in [-0.2, 0) is 6.54 Å². The molecule has 1 heterocycles. The van der Waals surface area contributed by atoms with Gasteiger partial charge in [0.2, 0.25) is 0 Å². The van der Waals surface area contributed by atoms with Gasteiger partial charge < -0.3 is 19.8 Å². The van der Waals surface area contributed by atoms with Crippen molar-refractivity contribution < 1.29 is 24.1 Å². The Morgan fingerprint density at radius 2 is 1.88 bits per heavy atom. The number of aromatic nitrogens is 2. The zero-order valence-corrected chi connectivity index (χ0v) is 19.1. The number of para-hydroxylation sites is 1. The largest absolute Gasteiger partial charge is 0.507 e. The van der Waals surface area contributed by atoms with Crippen LogP contribution < -0.4 is 4.74 Å². The lowest BCUT2D eigenvalue weighted by molar-refractivity contribution is 0.0781. The molecule has 3 aromatic carbocycles. The Bertz CT molecular complexity index is 1370. The van der Waals surface area contributed by atoms with Crippen molar-refractivity contribution >= 4 is 17.5 Å². The number of methoxy groups -OCH3 is 1. The third-order valence-corrected chi connectivity index (χ3v) is 5.58. The lowest BCUT2D eigenvalue weighted by Crippen LogP contribution is -2.26. The van der Waals surface area contributed by atoms with Crippen molar-refractivity contribution in [2.45, 2.75) is 6.54 Å². The Morgan fingerprint density at radius 1 is 1.12 bits per heavy atom. The maximum atomic E-state index is 14.4. The second-order valence-corrected chi connectivity index (χ2v) is 8.02. The van der Waals surface area contributed by atoms with Crippen LogP contribution in [0.3, 0.4) is 0 Å². The molecule has 0 aliphatic rings. The molecule has 0 bridgehead atoms. The number of ether oxygens (including phenoxy) is 1. The number of hydrogen-bond donors (Lipinski definition) is 2. The molecule has 0 saturated carbocycles. The third kappa shape index (κ3) is 4.40. The number of halogens is 2. The Morgan fingerprint density at radius 3 is 2.62 bits per heavy atom. The minimum absolute atomic E-state index is 0.0439. The molecule has 4 aromatic rings. The fourth-order valence-corrected chi connectivity index (χ4v) is 3.87. The van der Waals surface area contributed by atoms with Crippen molar-refractivity contribution in [3.8, 4) is 34.2 Å². The summed E-state index contributed by atoms with van der Waals surface area (Å²) in [5.74, 6) is -1.12. The molecule has 0 fully saturated rings. The molecule has 174 valence electrons. The van der Waals surface area contributed by atoms with E-state index in [-0.39, 0.29) is 29.1 Å². The van der Waals surface area contributed by atoms with E-state index in [0.29, 0.717) is 22.0 Å². The molecule has 4 rings (SSSR count). The van der Waals surface area contributed by atoms with E-state index < -0.39 is 17.5 Å². The van der Waals surface area contributed by atoms with Crippen LogP contribution in [0.1, 0.15) is 15.9 Å². The minimum atomic E-state index is -0.503. The number of amides is 1. The standard InChI is InChI=1S/C25H21ClFN3O4/c1-29(14-15-11-16(26)7-8-24(15)34-2)25(33)18-12-17(22(31)13-23(18)32)20-9-10-28-30(20)21-6-4-3-5-19(21)27/h3-13,31-32H,14H2,1-2H3. The zero-order chi connectivity index (χ0) is 24.4. The van der Waals surface area contributed by atoms with Crippen molar-refractivity contribution in [1.82, 2.24) is 14.7 Å². The molecule has 0 aliphatic carbocycles. The highest BCUT2D eigenvalue weighted by Crippen LogP contribution is 2.36. The van der Waals surface area contributed by atoms with E-state index in [4.69, 9.17) is 16.3 Å². The molecule has 1 amide bonds. The van der Waals surface area contributed by atoms with Crippen LogP contribution in [0.25, 0.3) is 16.9 Å². The first-order valence-corrected chi connectivity index (χ1v) is 10.6. The minimum Gasteiger partial charge on any atom is -0.507 e. The third-order valence-electron chi connectivity index (χ3n) is 5.34. The summed E-state index contributed by atoms with van der Waals surface area (Å²) in [4.78, 5) is 14.6. The summed E-state index contributed by atoms with van der Waals surface area (Å²) < 4.78 is 21.0. The molecule has 34 heavy (non-hydrogen) atoms. The highest BCUT2D eigenvalue weighted by atomic mass is 35.5. The van der Waals surface area contributed by atoms with Crippen molar-refractivity contribution in [2.24, 2.45) is 0 Å². The number of phenolic OH excluding ortho intramolecular Hbond substituents is 2. The van der Waals surface area contributed by atoms with Crippen molar-refractivity contribution in [3.05, 3.63) is 88.8 Å². The highest BCUT2D eigenvalue weighted by Gasteiger charge is 2.22. The Hall–Kier alpha value is -4.04. The van der Waals surface area contributed by atoms with Gasteiger partial charge in [-0.3, -0.25) is 4.79 Å². The summed E-state index contributed by atoms with van der Waals surface area (Å²) in [7, 11) is 3.09. The SMILES string of the molecule is COc1ccc(Cl)cc1CN(C)C(=O)c1cc(-c2ccnn2-c2ccccc2F)c(O)cc1O. The normalized spacial score (nSPS) is 10.8. The fraction of sp³-hybridized carbons (Fsp3) is 0.120. The van der Waals surface area contributed by atoms with E-state index in [1.807, 2.05) is 0 Å². The summed E-state index contributed by atoms with van der Waals surface area (Å²) in [5, 5.41) is 25.6. The molecular weight excluding hydrogens is 461 g/mol. The number of phenols is 2. The second kappa shape index (κ2) is 9.44. The first-order valence-electron chi connectivity index (χ1n) is 10.2. The Balaban J connectivity index is 1.71. The summed E-state index contributed by atoms with van der Waals surface area (Å²) in [6.45, 7) is 0.158. The van der Waals surface area contributed by atoms with Crippen LogP contribution in [0.5, 0.6) is 17.2 Å². The van der Waals surface area contributed by atoms with Gasteiger partial charge in [0, 0.05) is 35.8 Å². The quantitative estimate of drug-likeness (QED) is 0.403. The number of carbonyl (C=O) groups excluding carboxylic acids is 1. The molecule has 0 saturated heterocycles. The molecular formula is C25H21ClFN3O4. The number of nitrogens with zero attached hydrogens (tertiary/aromatic N) is 3. The smallest absolute Gasteiger partial charge is 0.257 e. The van der Waals surface area contributed by atoms with Gasteiger partial charge >= 0.3 is 0 Å². The fourth-order valence-electron chi connectivity index (χ4n) is 3.68. The predicted molar refractivity (Wildman–Crippen MR) is 126 cm³/mol. The molecule has 7 nitrogen and oxygen atoms in total. The van der Waals surface area contributed by atoms with Gasteiger partial charge in [0.05, 0.1) is 24.6 Å². The highest BCUT2D eigenvalue weighted by molar-refractivity contribution is 6.30.